The number of amides is 2. The Balaban J connectivity index is 1.34. The first kappa shape index (κ1) is 26.0. The maximum absolute atomic E-state index is 13.4. The zero-order valence-corrected chi connectivity index (χ0v) is 22.8. The lowest BCUT2D eigenvalue weighted by Crippen LogP contribution is -2.42. The Kier molecular flexibility index (Phi) is 7.25. The molecule has 7 nitrogen and oxygen atoms in total. The fourth-order valence-electron chi connectivity index (χ4n) is 6.64. The van der Waals surface area contributed by atoms with Gasteiger partial charge in [-0.25, -0.2) is 4.98 Å². The maximum Gasteiger partial charge on any atom is 0.255 e. The number of carbonyl (C=O) groups is 2. The summed E-state index contributed by atoms with van der Waals surface area (Å²) in [6.45, 7) is 8.11. The Morgan fingerprint density at radius 1 is 1.16 bits per heavy atom. The minimum absolute atomic E-state index is 0.190. The summed E-state index contributed by atoms with van der Waals surface area (Å²) in [7, 11) is 2.01. The minimum Gasteiger partial charge on any atom is -0.342 e. The smallest absolute Gasteiger partial charge is 0.255 e. The molecule has 3 heterocycles. The van der Waals surface area contributed by atoms with E-state index in [1.54, 1.807) is 30.5 Å². The molecule has 2 fully saturated rings. The molecule has 3 aromatic rings. The number of likely N-dealkylation sites (tertiary alicyclic amines) is 1. The van der Waals surface area contributed by atoms with Gasteiger partial charge >= 0.3 is 0 Å². The highest BCUT2D eigenvalue weighted by atomic mass is 16.2. The number of nitrogens with one attached hydrogen (secondary N) is 1. The van der Waals surface area contributed by atoms with Gasteiger partial charge in [-0.1, -0.05) is 26.3 Å². The lowest BCUT2D eigenvalue weighted by atomic mass is 9.84. The Hall–Kier alpha value is -3.66. The number of pyridine rings is 1. The zero-order valence-electron chi connectivity index (χ0n) is 22.8. The molecule has 198 valence electrons. The van der Waals surface area contributed by atoms with E-state index in [0.717, 1.165) is 48.9 Å². The second kappa shape index (κ2) is 10.6. The number of fused-ring (bicyclic) bond motifs is 1. The summed E-state index contributed by atoms with van der Waals surface area (Å²) < 4.78 is 2.06. The van der Waals surface area contributed by atoms with Crippen molar-refractivity contribution in [3.63, 3.8) is 0 Å². The van der Waals surface area contributed by atoms with E-state index < -0.39 is 0 Å². The summed E-state index contributed by atoms with van der Waals surface area (Å²) in [5, 5.41) is 13.3. The first-order valence-corrected chi connectivity index (χ1v) is 13.8. The number of nitriles is 1. The van der Waals surface area contributed by atoms with Crippen LogP contribution in [0.5, 0.6) is 0 Å². The molecule has 7 heteroatoms. The molecule has 0 unspecified atom stereocenters. The van der Waals surface area contributed by atoms with E-state index >= 15 is 0 Å². The molecule has 2 aromatic heterocycles. The van der Waals surface area contributed by atoms with Gasteiger partial charge in [0, 0.05) is 43.2 Å². The summed E-state index contributed by atoms with van der Waals surface area (Å²) in [5.41, 5.74) is 4.68. The second-order valence-electron chi connectivity index (χ2n) is 11.4. The van der Waals surface area contributed by atoms with Gasteiger partial charge in [-0.05, 0) is 79.7 Å². The lowest BCUT2D eigenvalue weighted by Gasteiger charge is -2.35. The third-order valence-corrected chi connectivity index (χ3v) is 8.77. The van der Waals surface area contributed by atoms with Gasteiger partial charge in [-0.2, -0.15) is 5.26 Å². The van der Waals surface area contributed by atoms with Crippen LogP contribution in [0.4, 0.5) is 5.69 Å². The van der Waals surface area contributed by atoms with Crippen molar-refractivity contribution < 1.29 is 9.59 Å². The van der Waals surface area contributed by atoms with Gasteiger partial charge < -0.3 is 14.8 Å². The number of aryl methyl sites for hydroxylation is 2. The molecular weight excluding hydrogens is 474 g/mol. The van der Waals surface area contributed by atoms with E-state index in [9.17, 15) is 14.9 Å². The molecule has 5 rings (SSSR count). The molecule has 2 aliphatic rings. The van der Waals surface area contributed by atoms with Gasteiger partial charge in [0.1, 0.15) is 5.65 Å². The first-order chi connectivity index (χ1) is 18.3. The molecule has 1 saturated carbocycles. The Bertz CT molecular complexity index is 1410. The number of carbonyl (C=O) groups excluding carboxylic acids is 2. The van der Waals surface area contributed by atoms with Crippen LogP contribution in [0.25, 0.3) is 11.0 Å². The molecule has 0 radical (unpaired) electrons. The summed E-state index contributed by atoms with van der Waals surface area (Å²) in [5.74, 6) is 1.70. The van der Waals surface area contributed by atoms with Crippen LogP contribution in [-0.2, 0) is 11.8 Å². The van der Waals surface area contributed by atoms with Crippen LogP contribution in [0, 0.1) is 36.0 Å². The molecule has 0 bridgehead atoms. The number of anilines is 1. The quantitative estimate of drug-likeness (QED) is 0.470. The van der Waals surface area contributed by atoms with Crippen molar-refractivity contribution in [1.82, 2.24) is 14.5 Å². The van der Waals surface area contributed by atoms with Crippen LogP contribution in [0.1, 0.15) is 78.9 Å². The second-order valence-corrected chi connectivity index (χ2v) is 11.4. The highest BCUT2D eigenvalue weighted by Gasteiger charge is 2.38. The Labute approximate surface area is 224 Å². The van der Waals surface area contributed by atoms with Crippen molar-refractivity contribution in [3.8, 4) is 6.07 Å². The molecular formula is C31H37N5O2. The van der Waals surface area contributed by atoms with Crippen LogP contribution in [0.15, 0.2) is 36.7 Å². The van der Waals surface area contributed by atoms with Gasteiger partial charge in [0.25, 0.3) is 5.91 Å². The number of piperidine rings is 1. The number of aromatic nitrogens is 2. The molecule has 1 N–H and O–H groups in total. The van der Waals surface area contributed by atoms with E-state index in [1.807, 2.05) is 14.0 Å². The number of hydrogen-bond donors (Lipinski definition) is 1. The van der Waals surface area contributed by atoms with Crippen molar-refractivity contribution in [3.05, 3.63) is 58.9 Å². The molecule has 1 aromatic carbocycles. The molecule has 1 aliphatic heterocycles. The van der Waals surface area contributed by atoms with E-state index in [-0.39, 0.29) is 11.8 Å². The van der Waals surface area contributed by atoms with Crippen LogP contribution in [0.3, 0.4) is 0 Å². The standard InChI is InChI=1S/C31H37N5O2/c1-19(2)24-9-6-10-25(24)31(38)36-13-11-22(12-14-36)26-18-35(4)29-28(26)20(3)27(17-33-29)34-30(37)23-8-5-7-21(15-23)16-32/h5,7-8,15,17-19,22,24-25H,6,9-14H2,1-4H3,(H,34,37)/t24-,25-/m1/s1. The minimum atomic E-state index is -0.262. The van der Waals surface area contributed by atoms with Crippen LogP contribution >= 0.6 is 0 Å². The summed E-state index contributed by atoms with van der Waals surface area (Å²) in [6, 6.07) is 8.77. The van der Waals surface area contributed by atoms with Crippen molar-refractivity contribution in [2.45, 2.75) is 58.8 Å². The maximum atomic E-state index is 13.4. The molecule has 0 spiro atoms. The normalized spacial score (nSPS) is 20.2. The van der Waals surface area contributed by atoms with Gasteiger partial charge in [0.2, 0.25) is 5.91 Å². The largest absolute Gasteiger partial charge is 0.342 e. The van der Waals surface area contributed by atoms with Crippen molar-refractivity contribution in [1.29, 1.82) is 5.26 Å². The first-order valence-electron chi connectivity index (χ1n) is 13.8. The van der Waals surface area contributed by atoms with Crippen molar-refractivity contribution >= 4 is 28.5 Å². The number of benzene rings is 1. The van der Waals surface area contributed by atoms with E-state index in [4.69, 9.17) is 0 Å². The van der Waals surface area contributed by atoms with Gasteiger partial charge in [0.05, 0.1) is 23.5 Å². The van der Waals surface area contributed by atoms with Crippen molar-refractivity contribution in [2.75, 3.05) is 18.4 Å². The Morgan fingerprint density at radius 3 is 2.63 bits per heavy atom. The third kappa shape index (κ3) is 4.80. The van der Waals surface area contributed by atoms with Crippen LogP contribution in [-0.4, -0.2) is 39.4 Å². The molecule has 1 saturated heterocycles. The van der Waals surface area contributed by atoms with Gasteiger partial charge in [-0.3, -0.25) is 9.59 Å². The highest BCUT2D eigenvalue weighted by Crippen LogP contribution is 2.40. The monoisotopic (exact) mass is 511 g/mol. The van der Waals surface area contributed by atoms with Gasteiger partial charge in [-0.15, -0.1) is 0 Å². The predicted octanol–water partition coefficient (Wildman–Crippen LogP) is 5.78. The molecule has 2 atom stereocenters. The molecule has 38 heavy (non-hydrogen) atoms. The fourth-order valence-corrected chi connectivity index (χ4v) is 6.64. The van der Waals surface area contributed by atoms with E-state index in [0.29, 0.717) is 40.5 Å². The SMILES string of the molecule is Cc1c(NC(=O)c2cccc(C#N)c2)cnc2c1c(C1CCN(C(=O)[C@@H]3CCC[C@@H]3C(C)C)CC1)cn2C. The third-order valence-electron chi connectivity index (χ3n) is 8.77. The zero-order chi connectivity index (χ0) is 27.0. The predicted molar refractivity (Wildman–Crippen MR) is 149 cm³/mol. The summed E-state index contributed by atoms with van der Waals surface area (Å²) in [6.07, 6.45) is 9.12. The van der Waals surface area contributed by atoms with E-state index in [1.165, 1.54) is 18.4 Å². The summed E-state index contributed by atoms with van der Waals surface area (Å²) in [4.78, 5) is 33.1. The van der Waals surface area contributed by atoms with Gasteiger partial charge in [0.15, 0.2) is 0 Å². The topological polar surface area (TPSA) is 91.0 Å². The highest BCUT2D eigenvalue weighted by molar-refractivity contribution is 6.06. The Morgan fingerprint density at radius 2 is 1.92 bits per heavy atom. The molecule has 2 amide bonds. The van der Waals surface area contributed by atoms with Crippen LogP contribution < -0.4 is 5.32 Å². The molecule has 1 aliphatic carbocycles. The number of rotatable bonds is 5. The average molecular weight is 512 g/mol. The fraction of sp³-hybridized carbons (Fsp3) is 0.484. The number of nitrogens with zero attached hydrogens (tertiary/aromatic N) is 4. The van der Waals surface area contributed by atoms with Crippen LogP contribution in [0.2, 0.25) is 0 Å². The lowest BCUT2D eigenvalue weighted by molar-refractivity contribution is -0.138. The van der Waals surface area contributed by atoms with E-state index in [2.05, 4.69) is 45.9 Å². The van der Waals surface area contributed by atoms with Crippen molar-refractivity contribution in [2.24, 2.45) is 24.8 Å². The average Bonchev–Trinajstić information content (AvgIpc) is 3.55. The number of hydrogen-bond acceptors (Lipinski definition) is 4. The summed E-state index contributed by atoms with van der Waals surface area (Å²) >= 11 is 0.